The molecule has 0 aromatic heterocycles. The van der Waals surface area contributed by atoms with Gasteiger partial charge in [0, 0.05) is 18.8 Å². The summed E-state index contributed by atoms with van der Waals surface area (Å²) >= 11 is 0. The van der Waals surface area contributed by atoms with Gasteiger partial charge in [-0.05, 0) is 43.4 Å². The normalized spacial score (nSPS) is 10.3. The van der Waals surface area contributed by atoms with E-state index in [0.29, 0.717) is 0 Å². The molecule has 3 heteroatoms. The molecule has 112 valence electrons. The Balaban J connectivity index is 2.63. The number of anilines is 1. The highest BCUT2D eigenvalue weighted by atomic mass is 16.2. The van der Waals surface area contributed by atoms with Crippen LogP contribution in [0.1, 0.15) is 52.0 Å². The van der Waals surface area contributed by atoms with Crippen LogP contribution in [0.4, 0.5) is 10.5 Å². The minimum absolute atomic E-state index is 0.0151. The highest BCUT2D eigenvalue weighted by molar-refractivity contribution is 5.89. The van der Waals surface area contributed by atoms with E-state index in [1.807, 2.05) is 17.0 Å². The van der Waals surface area contributed by atoms with Gasteiger partial charge < -0.3 is 10.2 Å². The third-order valence-electron chi connectivity index (χ3n) is 3.27. The van der Waals surface area contributed by atoms with Crippen molar-refractivity contribution in [2.45, 2.75) is 52.9 Å². The van der Waals surface area contributed by atoms with Gasteiger partial charge in [0.15, 0.2) is 0 Å². The lowest BCUT2D eigenvalue weighted by Gasteiger charge is -2.22. The molecule has 0 atom stereocenters. The molecule has 0 radical (unpaired) electrons. The molecule has 0 aliphatic rings. The molecule has 0 aliphatic carbocycles. The third-order valence-corrected chi connectivity index (χ3v) is 3.27. The van der Waals surface area contributed by atoms with Crippen LogP contribution in [0.15, 0.2) is 24.3 Å². The average Bonchev–Trinajstić information content (AvgIpc) is 2.45. The molecule has 0 fully saturated rings. The highest BCUT2D eigenvalue weighted by Gasteiger charge is 2.11. The second-order valence-electron chi connectivity index (χ2n) is 5.22. The summed E-state index contributed by atoms with van der Waals surface area (Å²) in [7, 11) is 0. The first kappa shape index (κ1) is 16.5. The average molecular weight is 276 g/mol. The van der Waals surface area contributed by atoms with Crippen molar-refractivity contribution < 1.29 is 4.79 Å². The number of amides is 2. The summed E-state index contributed by atoms with van der Waals surface area (Å²) in [5.74, 6) is 0. The van der Waals surface area contributed by atoms with Crippen molar-refractivity contribution in [3.05, 3.63) is 29.8 Å². The monoisotopic (exact) mass is 276 g/mol. The zero-order valence-electron chi connectivity index (χ0n) is 13.1. The van der Waals surface area contributed by atoms with Crippen LogP contribution >= 0.6 is 0 Å². The van der Waals surface area contributed by atoms with Crippen LogP contribution in [-0.2, 0) is 6.42 Å². The summed E-state index contributed by atoms with van der Waals surface area (Å²) in [6.45, 7) is 8.02. The molecule has 0 saturated carbocycles. The Morgan fingerprint density at radius 1 is 1.10 bits per heavy atom. The first-order chi connectivity index (χ1) is 9.71. The van der Waals surface area contributed by atoms with Crippen LogP contribution in [0, 0.1) is 0 Å². The van der Waals surface area contributed by atoms with E-state index in [-0.39, 0.29) is 6.03 Å². The lowest BCUT2D eigenvalue weighted by molar-refractivity contribution is 0.211. The Hall–Kier alpha value is -1.51. The zero-order chi connectivity index (χ0) is 14.8. The predicted octanol–water partition coefficient (Wildman–Crippen LogP) is 4.68. The van der Waals surface area contributed by atoms with Gasteiger partial charge in [0.25, 0.3) is 0 Å². The first-order valence-electron chi connectivity index (χ1n) is 7.86. The van der Waals surface area contributed by atoms with E-state index in [0.717, 1.165) is 38.0 Å². The van der Waals surface area contributed by atoms with Crippen LogP contribution < -0.4 is 5.32 Å². The SMILES string of the molecule is CCCCc1cccc(NC(=O)N(CCC)CCC)c1. The van der Waals surface area contributed by atoms with Gasteiger partial charge in [-0.15, -0.1) is 0 Å². The molecule has 0 unspecified atom stereocenters. The van der Waals surface area contributed by atoms with Crippen LogP contribution in [0.5, 0.6) is 0 Å². The number of hydrogen-bond acceptors (Lipinski definition) is 1. The summed E-state index contributed by atoms with van der Waals surface area (Å²) in [6.07, 6.45) is 5.44. The Morgan fingerprint density at radius 3 is 2.40 bits per heavy atom. The summed E-state index contributed by atoms with van der Waals surface area (Å²) < 4.78 is 0. The van der Waals surface area contributed by atoms with Crippen molar-refractivity contribution in [1.82, 2.24) is 4.90 Å². The summed E-state index contributed by atoms with van der Waals surface area (Å²) in [4.78, 5) is 14.1. The van der Waals surface area contributed by atoms with Crippen molar-refractivity contribution in [3.63, 3.8) is 0 Å². The van der Waals surface area contributed by atoms with Gasteiger partial charge in [-0.3, -0.25) is 0 Å². The maximum absolute atomic E-state index is 12.2. The molecule has 1 rings (SSSR count). The number of benzene rings is 1. The fourth-order valence-electron chi connectivity index (χ4n) is 2.24. The minimum Gasteiger partial charge on any atom is -0.325 e. The van der Waals surface area contributed by atoms with Gasteiger partial charge in [-0.2, -0.15) is 0 Å². The van der Waals surface area contributed by atoms with Crippen molar-refractivity contribution in [2.24, 2.45) is 0 Å². The quantitative estimate of drug-likeness (QED) is 0.734. The molecule has 0 saturated heterocycles. The Morgan fingerprint density at radius 2 is 1.80 bits per heavy atom. The van der Waals surface area contributed by atoms with Crippen molar-refractivity contribution >= 4 is 11.7 Å². The van der Waals surface area contributed by atoms with Crippen LogP contribution in [0.25, 0.3) is 0 Å². The first-order valence-corrected chi connectivity index (χ1v) is 7.86. The van der Waals surface area contributed by atoms with Gasteiger partial charge >= 0.3 is 6.03 Å². The second kappa shape index (κ2) is 9.40. The van der Waals surface area contributed by atoms with Crippen molar-refractivity contribution in [3.8, 4) is 0 Å². The summed E-state index contributed by atoms with van der Waals surface area (Å²) in [5, 5.41) is 3.02. The molecular formula is C17H28N2O. The highest BCUT2D eigenvalue weighted by Crippen LogP contribution is 2.14. The van der Waals surface area contributed by atoms with E-state index in [4.69, 9.17) is 0 Å². The molecule has 1 aromatic carbocycles. The van der Waals surface area contributed by atoms with Gasteiger partial charge in [-0.1, -0.05) is 39.3 Å². The van der Waals surface area contributed by atoms with E-state index in [1.165, 1.54) is 18.4 Å². The van der Waals surface area contributed by atoms with Crippen LogP contribution in [0.3, 0.4) is 0 Å². The standard InChI is InChI=1S/C17H28N2O/c1-4-7-9-15-10-8-11-16(14-15)18-17(20)19(12-5-2)13-6-3/h8,10-11,14H,4-7,9,12-13H2,1-3H3,(H,18,20). The van der Waals surface area contributed by atoms with Gasteiger partial charge in [0.1, 0.15) is 0 Å². The minimum atomic E-state index is 0.0151. The fourth-order valence-corrected chi connectivity index (χ4v) is 2.24. The smallest absolute Gasteiger partial charge is 0.321 e. The number of carbonyl (C=O) groups is 1. The van der Waals surface area contributed by atoms with Crippen LogP contribution in [-0.4, -0.2) is 24.0 Å². The number of hydrogen-bond donors (Lipinski definition) is 1. The number of rotatable bonds is 8. The molecule has 2 amide bonds. The lowest BCUT2D eigenvalue weighted by atomic mass is 10.1. The topological polar surface area (TPSA) is 32.3 Å². The van der Waals surface area contributed by atoms with Gasteiger partial charge in [0.05, 0.1) is 0 Å². The number of nitrogens with one attached hydrogen (secondary N) is 1. The molecule has 3 nitrogen and oxygen atoms in total. The van der Waals surface area contributed by atoms with Gasteiger partial charge in [0.2, 0.25) is 0 Å². The predicted molar refractivity (Wildman–Crippen MR) is 86.2 cm³/mol. The molecule has 1 N–H and O–H groups in total. The third kappa shape index (κ3) is 5.64. The van der Waals surface area contributed by atoms with E-state index < -0.39 is 0 Å². The number of nitrogens with zero attached hydrogens (tertiary/aromatic N) is 1. The van der Waals surface area contributed by atoms with Crippen molar-refractivity contribution in [1.29, 1.82) is 0 Å². The number of aryl methyl sites for hydroxylation is 1. The largest absolute Gasteiger partial charge is 0.325 e. The van der Waals surface area contributed by atoms with E-state index >= 15 is 0 Å². The Labute approximate surface area is 123 Å². The fraction of sp³-hybridized carbons (Fsp3) is 0.588. The molecular weight excluding hydrogens is 248 g/mol. The summed E-state index contributed by atoms with van der Waals surface area (Å²) in [6, 6.07) is 8.21. The van der Waals surface area contributed by atoms with Crippen molar-refractivity contribution in [2.75, 3.05) is 18.4 Å². The Bertz CT molecular complexity index is 398. The molecule has 1 aromatic rings. The van der Waals surface area contributed by atoms with Gasteiger partial charge in [-0.25, -0.2) is 4.79 Å². The van der Waals surface area contributed by atoms with E-state index in [1.54, 1.807) is 0 Å². The number of urea groups is 1. The van der Waals surface area contributed by atoms with Crippen LogP contribution in [0.2, 0.25) is 0 Å². The molecule has 0 aliphatic heterocycles. The van der Waals surface area contributed by atoms with E-state index in [2.05, 4.69) is 38.2 Å². The Kier molecular flexibility index (Phi) is 7.78. The maximum atomic E-state index is 12.2. The molecule has 0 spiro atoms. The molecule has 0 bridgehead atoms. The number of carbonyl (C=O) groups excluding carboxylic acids is 1. The lowest BCUT2D eigenvalue weighted by Crippen LogP contribution is -2.36. The number of unbranched alkanes of at least 4 members (excludes halogenated alkanes) is 1. The second-order valence-corrected chi connectivity index (χ2v) is 5.22. The molecule has 0 heterocycles. The maximum Gasteiger partial charge on any atom is 0.321 e. The van der Waals surface area contributed by atoms with E-state index in [9.17, 15) is 4.79 Å². The summed E-state index contributed by atoms with van der Waals surface area (Å²) in [5.41, 5.74) is 2.20. The molecule has 20 heavy (non-hydrogen) atoms. The zero-order valence-corrected chi connectivity index (χ0v) is 13.1.